The normalized spacial score (nSPS) is 30.3. The maximum atomic E-state index is 12.6. The van der Waals surface area contributed by atoms with E-state index < -0.39 is 11.4 Å². The number of carbonyl (C=O) groups excluding carboxylic acids is 1. The molecule has 5 heteroatoms. The molecule has 5 nitrogen and oxygen atoms in total. The number of carboxylic acid groups (broad SMARTS) is 1. The first kappa shape index (κ1) is 15.1. The first-order valence-electron chi connectivity index (χ1n) is 7.70. The molecule has 2 atom stereocenters. The summed E-state index contributed by atoms with van der Waals surface area (Å²) >= 11 is 0. The van der Waals surface area contributed by atoms with Gasteiger partial charge in [0.2, 0.25) is 0 Å². The lowest BCUT2D eigenvalue weighted by Crippen LogP contribution is -2.47. The van der Waals surface area contributed by atoms with Gasteiger partial charge in [0, 0.05) is 25.7 Å². The van der Waals surface area contributed by atoms with E-state index >= 15 is 0 Å². The third-order valence-corrected chi connectivity index (χ3v) is 5.07. The van der Waals surface area contributed by atoms with Crippen molar-refractivity contribution >= 4 is 12.0 Å². The number of aliphatic carboxylic acids is 1. The van der Waals surface area contributed by atoms with E-state index in [4.69, 9.17) is 0 Å². The van der Waals surface area contributed by atoms with E-state index in [0.29, 0.717) is 37.9 Å². The van der Waals surface area contributed by atoms with Crippen LogP contribution in [0.15, 0.2) is 0 Å². The Bertz CT molecular complexity index is 397. The monoisotopic (exact) mass is 282 g/mol. The third-order valence-electron chi connectivity index (χ3n) is 5.07. The molecule has 20 heavy (non-hydrogen) atoms. The fraction of sp³-hybridized carbons (Fsp3) is 0.867. The molecule has 0 saturated carbocycles. The van der Waals surface area contributed by atoms with Crippen molar-refractivity contribution in [2.24, 2.45) is 11.3 Å². The Morgan fingerprint density at radius 1 is 1.35 bits per heavy atom. The molecule has 2 saturated heterocycles. The summed E-state index contributed by atoms with van der Waals surface area (Å²) in [4.78, 5) is 27.8. The number of carboxylic acids is 1. The predicted molar refractivity (Wildman–Crippen MR) is 76.5 cm³/mol. The van der Waals surface area contributed by atoms with E-state index in [1.165, 1.54) is 0 Å². The van der Waals surface area contributed by atoms with Crippen LogP contribution in [0.3, 0.4) is 0 Å². The number of hydrogen-bond donors (Lipinski definition) is 1. The standard InChI is InChI=1S/C15H26N2O3/c1-4-15(13(18)19)7-9-16(10-15)14(20)17-8-5-6-12(17)11(2)3/h11-12H,4-10H2,1-3H3,(H,18,19). The molecule has 2 fully saturated rings. The van der Waals surface area contributed by atoms with Crippen molar-refractivity contribution in [3.63, 3.8) is 0 Å². The van der Waals surface area contributed by atoms with Crippen LogP contribution in [0.2, 0.25) is 0 Å². The topological polar surface area (TPSA) is 60.9 Å². The predicted octanol–water partition coefficient (Wildman–Crippen LogP) is 2.41. The second-order valence-electron chi connectivity index (χ2n) is 6.54. The molecular formula is C15H26N2O3. The van der Waals surface area contributed by atoms with Crippen molar-refractivity contribution in [2.75, 3.05) is 19.6 Å². The number of amides is 2. The van der Waals surface area contributed by atoms with Gasteiger partial charge in [-0.2, -0.15) is 0 Å². The molecule has 0 aromatic rings. The van der Waals surface area contributed by atoms with Crippen molar-refractivity contribution in [3.05, 3.63) is 0 Å². The Balaban J connectivity index is 2.06. The van der Waals surface area contributed by atoms with Crippen LogP contribution in [-0.2, 0) is 4.79 Å². The van der Waals surface area contributed by atoms with Gasteiger partial charge in [-0.25, -0.2) is 4.79 Å². The first-order valence-corrected chi connectivity index (χ1v) is 7.70. The van der Waals surface area contributed by atoms with Gasteiger partial charge < -0.3 is 14.9 Å². The summed E-state index contributed by atoms with van der Waals surface area (Å²) in [5.74, 6) is -0.309. The van der Waals surface area contributed by atoms with Crippen molar-refractivity contribution in [2.45, 2.75) is 52.5 Å². The molecule has 2 aliphatic heterocycles. The summed E-state index contributed by atoms with van der Waals surface area (Å²) in [6, 6.07) is 0.349. The van der Waals surface area contributed by atoms with Crippen molar-refractivity contribution in [1.29, 1.82) is 0 Å². The number of nitrogens with zero attached hydrogens (tertiary/aromatic N) is 2. The lowest BCUT2D eigenvalue weighted by atomic mass is 9.84. The summed E-state index contributed by atoms with van der Waals surface area (Å²) in [6.45, 7) is 7.93. The Morgan fingerprint density at radius 2 is 2.05 bits per heavy atom. The summed E-state index contributed by atoms with van der Waals surface area (Å²) in [5.41, 5.74) is -0.733. The fourth-order valence-electron chi connectivity index (χ4n) is 3.55. The Kier molecular flexibility index (Phi) is 4.25. The summed E-state index contributed by atoms with van der Waals surface area (Å²) in [7, 11) is 0. The SMILES string of the molecule is CCC1(C(=O)O)CCN(C(=O)N2CCCC2C(C)C)C1. The number of likely N-dealkylation sites (tertiary alicyclic amines) is 2. The van der Waals surface area contributed by atoms with Gasteiger partial charge in [0.05, 0.1) is 5.41 Å². The van der Waals surface area contributed by atoms with Crippen molar-refractivity contribution < 1.29 is 14.7 Å². The zero-order chi connectivity index (χ0) is 14.9. The minimum absolute atomic E-state index is 0.0396. The van der Waals surface area contributed by atoms with Crippen LogP contribution in [0, 0.1) is 11.3 Å². The average molecular weight is 282 g/mol. The van der Waals surface area contributed by atoms with E-state index in [1.807, 2.05) is 11.8 Å². The van der Waals surface area contributed by atoms with Crippen LogP contribution in [0.5, 0.6) is 0 Å². The molecule has 2 rings (SSSR count). The van der Waals surface area contributed by atoms with Gasteiger partial charge in [0.15, 0.2) is 0 Å². The number of rotatable bonds is 3. The van der Waals surface area contributed by atoms with E-state index in [2.05, 4.69) is 13.8 Å². The molecule has 2 heterocycles. The molecule has 114 valence electrons. The molecule has 0 spiro atoms. The number of carbonyl (C=O) groups is 2. The van der Waals surface area contributed by atoms with Crippen LogP contribution in [0.25, 0.3) is 0 Å². The zero-order valence-corrected chi connectivity index (χ0v) is 12.8. The van der Waals surface area contributed by atoms with E-state index in [9.17, 15) is 14.7 Å². The molecule has 0 aliphatic carbocycles. The molecule has 0 radical (unpaired) electrons. The summed E-state index contributed by atoms with van der Waals surface area (Å²) < 4.78 is 0. The molecule has 0 bridgehead atoms. The molecule has 2 amide bonds. The van der Waals surface area contributed by atoms with Crippen molar-refractivity contribution in [3.8, 4) is 0 Å². The molecule has 2 aliphatic rings. The quantitative estimate of drug-likeness (QED) is 0.864. The highest BCUT2D eigenvalue weighted by Gasteiger charge is 2.46. The highest BCUT2D eigenvalue weighted by Crippen LogP contribution is 2.35. The largest absolute Gasteiger partial charge is 0.481 e. The van der Waals surface area contributed by atoms with Gasteiger partial charge in [0.1, 0.15) is 0 Å². The molecule has 1 N–H and O–H groups in total. The van der Waals surface area contributed by atoms with Gasteiger partial charge in [0.25, 0.3) is 0 Å². The molecule has 0 aromatic heterocycles. The smallest absolute Gasteiger partial charge is 0.320 e. The zero-order valence-electron chi connectivity index (χ0n) is 12.8. The highest BCUT2D eigenvalue weighted by molar-refractivity contribution is 5.80. The minimum atomic E-state index is -0.767. The van der Waals surface area contributed by atoms with Crippen LogP contribution in [0.1, 0.15) is 46.5 Å². The molecule has 0 aromatic carbocycles. The second kappa shape index (κ2) is 5.62. The highest BCUT2D eigenvalue weighted by atomic mass is 16.4. The Hall–Kier alpha value is -1.26. The van der Waals surface area contributed by atoms with Crippen LogP contribution < -0.4 is 0 Å². The Morgan fingerprint density at radius 3 is 2.55 bits per heavy atom. The lowest BCUT2D eigenvalue weighted by Gasteiger charge is -2.32. The third kappa shape index (κ3) is 2.50. The maximum Gasteiger partial charge on any atom is 0.320 e. The van der Waals surface area contributed by atoms with Gasteiger partial charge >= 0.3 is 12.0 Å². The van der Waals surface area contributed by atoms with E-state index in [-0.39, 0.29) is 6.03 Å². The van der Waals surface area contributed by atoms with Gasteiger partial charge in [-0.05, 0) is 31.6 Å². The van der Waals surface area contributed by atoms with Crippen LogP contribution >= 0.6 is 0 Å². The van der Waals surface area contributed by atoms with Gasteiger partial charge in [-0.1, -0.05) is 20.8 Å². The van der Waals surface area contributed by atoms with Crippen LogP contribution in [0.4, 0.5) is 4.79 Å². The first-order chi connectivity index (χ1) is 9.41. The Labute approximate surface area is 120 Å². The lowest BCUT2D eigenvalue weighted by molar-refractivity contribution is -0.148. The molecule has 2 unspecified atom stereocenters. The average Bonchev–Trinajstić information content (AvgIpc) is 3.05. The molecular weight excluding hydrogens is 256 g/mol. The second-order valence-corrected chi connectivity index (χ2v) is 6.54. The van der Waals surface area contributed by atoms with E-state index in [1.54, 1.807) is 4.90 Å². The summed E-state index contributed by atoms with van der Waals surface area (Å²) in [5, 5.41) is 9.42. The minimum Gasteiger partial charge on any atom is -0.481 e. The number of urea groups is 1. The van der Waals surface area contributed by atoms with Crippen LogP contribution in [-0.4, -0.2) is 52.6 Å². The summed E-state index contributed by atoms with van der Waals surface area (Å²) in [6.07, 6.45) is 3.28. The van der Waals surface area contributed by atoms with Gasteiger partial charge in [-0.3, -0.25) is 4.79 Å². The fourth-order valence-corrected chi connectivity index (χ4v) is 3.55. The maximum absolute atomic E-state index is 12.6. The van der Waals surface area contributed by atoms with E-state index in [0.717, 1.165) is 19.4 Å². The van der Waals surface area contributed by atoms with Crippen molar-refractivity contribution in [1.82, 2.24) is 9.80 Å². The number of hydrogen-bond acceptors (Lipinski definition) is 2. The van der Waals surface area contributed by atoms with Gasteiger partial charge in [-0.15, -0.1) is 0 Å².